The second-order valence-corrected chi connectivity index (χ2v) is 3.75. The van der Waals surface area contributed by atoms with Crippen LogP contribution in [0.1, 0.15) is 11.7 Å². The molecule has 0 bridgehead atoms. The van der Waals surface area contributed by atoms with Crippen molar-refractivity contribution in [1.82, 2.24) is 5.32 Å². The lowest BCUT2D eigenvalue weighted by Gasteiger charge is -2.18. The maximum Gasteiger partial charge on any atom is 0.275 e. The summed E-state index contributed by atoms with van der Waals surface area (Å²) >= 11 is 0. The fraction of sp³-hybridized carbons (Fsp3) is 0.455. The van der Waals surface area contributed by atoms with E-state index in [2.05, 4.69) is 5.32 Å². The van der Waals surface area contributed by atoms with Gasteiger partial charge in [-0.2, -0.15) is 0 Å². The van der Waals surface area contributed by atoms with Gasteiger partial charge in [-0.05, 0) is 19.2 Å². The van der Waals surface area contributed by atoms with Gasteiger partial charge in [0.15, 0.2) is 0 Å². The minimum Gasteiger partial charge on any atom is -0.497 e. The van der Waals surface area contributed by atoms with Gasteiger partial charge in [0.1, 0.15) is 11.9 Å². The number of likely N-dealkylation sites (N-methyl/N-ethyl adjacent to an activating group) is 1. The summed E-state index contributed by atoms with van der Waals surface area (Å²) in [4.78, 5) is 10.3. The van der Waals surface area contributed by atoms with Gasteiger partial charge in [0.2, 0.25) is 0 Å². The molecule has 0 saturated carbocycles. The van der Waals surface area contributed by atoms with Crippen LogP contribution >= 0.6 is 0 Å². The van der Waals surface area contributed by atoms with Crippen LogP contribution in [0.2, 0.25) is 0 Å². The topological polar surface area (TPSA) is 105 Å². The van der Waals surface area contributed by atoms with Crippen LogP contribution in [0, 0.1) is 10.1 Å². The van der Waals surface area contributed by atoms with Crippen molar-refractivity contribution < 1.29 is 19.9 Å². The summed E-state index contributed by atoms with van der Waals surface area (Å²) in [5.41, 5.74) is -0.222. The fourth-order valence-corrected chi connectivity index (χ4v) is 1.59. The molecule has 0 saturated heterocycles. The lowest BCUT2D eigenvalue weighted by atomic mass is 10.0. The smallest absolute Gasteiger partial charge is 0.275 e. The van der Waals surface area contributed by atoms with Crippen molar-refractivity contribution >= 4 is 5.69 Å². The molecule has 1 aromatic carbocycles. The normalized spacial score (nSPS) is 14.0. The van der Waals surface area contributed by atoms with Crippen molar-refractivity contribution in [3.05, 3.63) is 33.9 Å². The summed E-state index contributed by atoms with van der Waals surface area (Å²) in [7, 11) is 3.03. The first-order chi connectivity index (χ1) is 8.51. The van der Waals surface area contributed by atoms with Crippen LogP contribution in [0.3, 0.4) is 0 Å². The number of nitrogens with one attached hydrogen (secondary N) is 1. The molecule has 100 valence electrons. The number of methoxy groups -OCH3 is 1. The molecular formula is C11H16N2O5. The van der Waals surface area contributed by atoms with Crippen LogP contribution in [0.25, 0.3) is 0 Å². The zero-order valence-corrected chi connectivity index (χ0v) is 10.2. The van der Waals surface area contributed by atoms with Crippen LogP contribution in [0.5, 0.6) is 5.75 Å². The first kappa shape index (κ1) is 14.4. The third-order valence-electron chi connectivity index (χ3n) is 2.53. The average molecular weight is 256 g/mol. The highest BCUT2D eigenvalue weighted by atomic mass is 16.6. The molecule has 0 aliphatic heterocycles. The molecule has 0 heterocycles. The highest BCUT2D eigenvalue weighted by Gasteiger charge is 2.26. The largest absolute Gasteiger partial charge is 0.497 e. The van der Waals surface area contributed by atoms with E-state index in [9.17, 15) is 20.3 Å². The second-order valence-electron chi connectivity index (χ2n) is 3.75. The molecule has 0 amide bonds. The van der Waals surface area contributed by atoms with Gasteiger partial charge >= 0.3 is 0 Å². The van der Waals surface area contributed by atoms with Crippen LogP contribution in [-0.2, 0) is 0 Å². The molecule has 7 heteroatoms. The van der Waals surface area contributed by atoms with Crippen LogP contribution in [0.15, 0.2) is 18.2 Å². The number of hydrogen-bond acceptors (Lipinski definition) is 6. The van der Waals surface area contributed by atoms with E-state index >= 15 is 0 Å². The van der Waals surface area contributed by atoms with Gasteiger partial charge in [0, 0.05) is 12.6 Å². The Morgan fingerprint density at radius 1 is 1.50 bits per heavy atom. The van der Waals surface area contributed by atoms with Crippen LogP contribution < -0.4 is 10.1 Å². The lowest BCUT2D eigenvalue weighted by Crippen LogP contribution is -2.29. The molecule has 0 aliphatic carbocycles. The van der Waals surface area contributed by atoms with E-state index in [1.165, 1.54) is 25.3 Å². The first-order valence-corrected chi connectivity index (χ1v) is 5.34. The Hall–Kier alpha value is -1.70. The predicted molar refractivity (Wildman–Crippen MR) is 64.5 cm³/mol. The molecule has 2 unspecified atom stereocenters. The first-order valence-electron chi connectivity index (χ1n) is 5.34. The van der Waals surface area contributed by atoms with E-state index in [4.69, 9.17) is 4.74 Å². The minimum atomic E-state index is -1.35. The van der Waals surface area contributed by atoms with Crippen molar-refractivity contribution in [2.24, 2.45) is 0 Å². The highest BCUT2D eigenvalue weighted by molar-refractivity contribution is 5.46. The maximum absolute atomic E-state index is 10.9. The van der Waals surface area contributed by atoms with E-state index in [0.29, 0.717) is 5.75 Å². The molecular weight excluding hydrogens is 240 g/mol. The molecule has 18 heavy (non-hydrogen) atoms. The Balaban J connectivity index is 3.14. The Morgan fingerprint density at radius 2 is 2.17 bits per heavy atom. The molecule has 0 radical (unpaired) electrons. The van der Waals surface area contributed by atoms with Gasteiger partial charge in [-0.15, -0.1) is 0 Å². The number of nitrogens with zero attached hydrogens (tertiary/aromatic N) is 1. The van der Waals surface area contributed by atoms with Gasteiger partial charge in [-0.25, -0.2) is 0 Å². The van der Waals surface area contributed by atoms with E-state index < -0.39 is 17.1 Å². The maximum atomic E-state index is 10.9. The van der Waals surface area contributed by atoms with Crippen LogP contribution in [-0.4, -0.2) is 41.9 Å². The van der Waals surface area contributed by atoms with E-state index in [1.54, 1.807) is 7.05 Å². The van der Waals surface area contributed by atoms with E-state index in [-0.39, 0.29) is 17.8 Å². The lowest BCUT2D eigenvalue weighted by molar-refractivity contribution is -0.386. The predicted octanol–water partition coefficient (Wildman–Crippen LogP) is 0.217. The monoisotopic (exact) mass is 256 g/mol. The van der Waals surface area contributed by atoms with Crippen molar-refractivity contribution in [2.45, 2.75) is 12.2 Å². The second kappa shape index (κ2) is 6.29. The Kier molecular flexibility index (Phi) is 5.02. The molecule has 1 aromatic rings. The SMILES string of the molecule is CNCC(O)C(O)c1cc(OC)ccc1[N+](=O)[O-]. The number of nitro groups is 1. The summed E-state index contributed by atoms with van der Waals surface area (Å²) in [6, 6.07) is 4.02. The van der Waals surface area contributed by atoms with Crippen molar-refractivity contribution in [3.63, 3.8) is 0 Å². The van der Waals surface area contributed by atoms with E-state index in [0.717, 1.165) is 0 Å². The molecule has 0 fully saturated rings. The van der Waals surface area contributed by atoms with Gasteiger partial charge in [0.05, 0.1) is 23.7 Å². The number of aliphatic hydroxyl groups is 2. The molecule has 0 aromatic heterocycles. The number of rotatable bonds is 6. The quantitative estimate of drug-likeness (QED) is 0.496. The Labute approximate surface area is 104 Å². The molecule has 0 aliphatic rings. The Bertz CT molecular complexity index is 424. The summed E-state index contributed by atoms with van der Waals surface area (Å²) in [6.45, 7) is 0.121. The number of hydrogen-bond donors (Lipinski definition) is 3. The summed E-state index contributed by atoms with van der Waals surface area (Å²) in [5, 5.41) is 33.1. The molecule has 0 spiro atoms. The molecule has 1 rings (SSSR count). The number of ether oxygens (including phenoxy) is 1. The zero-order valence-electron chi connectivity index (χ0n) is 10.2. The van der Waals surface area contributed by atoms with Crippen molar-refractivity contribution in [1.29, 1.82) is 0 Å². The number of benzene rings is 1. The number of nitro benzene ring substituents is 1. The molecule has 7 nitrogen and oxygen atoms in total. The zero-order chi connectivity index (χ0) is 13.7. The van der Waals surface area contributed by atoms with E-state index in [1.807, 2.05) is 0 Å². The molecule has 2 atom stereocenters. The van der Waals surface area contributed by atoms with Gasteiger partial charge in [0.25, 0.3) is 5.69 Å². The van der Waals surface area contributed by atoms with Gasteiger partial charge < -0.3 is 20.3 Å². The summed E-state index contributed by atoms with van der Waals surface area (Å²) < 4.78 is 4.95. The van der Waals surface area contributed by atoms with Crippen molar-refractivity contribution in [3.8, 4) is 5.75 Å². The van der Waals surface area contributed by atoms with Crippen molar-refractivity contribution in [2.75, 3.05) is 20.7 Å². The summed E-state index contributed by atoms with van der Waals surface area (Å²) in [6.07, 6.45) is -2.49. The number of aliphatic hydroxyl groups excluding tert-OH is 2. The Morgan fingerprint density at radius 3 is 2.67 bits per heavy atom. The standard InChI is InChI=1S/C11H16N2O5/c1-12-6-10(14)11(15)8-5-7(18-2)3-4-9(8)13(16)17/h3-5,10-12,14-15H,6H2,1-2H3. The fourth-order valence-electron chi connectivity index (χ4n) is 1.59. The molecule has 3 N–H and O–H groups in total. The highest BCUT2D eigenvalue weighted by Crippen LogP contribution is 2.30. The van der Waals surface area contributed by atoms with Gasteiger partial charge in [-0.1, -0.05) is 0 Å². The average Bonchev–Trinajstić information content (AvgIpc) is 2.37. The van der Waals surface area contributed by atoms with Crippen LogP contribution in [0.4, 0.5) is 5.69 Å². The third kappa shape index (κ3) is 3.16. The third-order valence-corrected chi connectivity index (χ3v) is 2.53. The minimum absolute atomic E-state index is 0.0297. The van der Waals surface area contributed by atoms with Gasteiger partial charge in [-0.3, -0.25) is 10.1 Å². The summed E-state index contributed by atoms with van der Waals surface area (Å²) in [5.74, 6) is 0.381.